The van der Waals surface area contributed by atoms with E-state index in [4.69, 9.17) is 4.74 Å². The Morgan fingerprint density at radius 1 is 1.19 bits per heavy atom. The summed E-state index contributed by atoms with van der Waals surface area (Å²) in [4.78, 5) is 18.0. The zero-order chi connectivity index (χ0) is 22.9. The van der Waals surface area contributed by atoms with Gasteiger partial charge in [0, 0.05) is 24.7 Å². The van der Waals surface area contributed by atoms with Crippen molar-refractivity contribution in [3.8, 4) is 5.75 Å². The number of sulfonamides is 1. The van der Waals surface area contributed by atoms with Gasteiger partial charge in [0.1, 0.15) is 11.3 Å². The third-order valence-electron chi connectivity index (χ3n) is 5.85. The van der Waals surface area contributed by atoms with Crippen molar-refractivity contribution >= 4 is 37.5 Å². The first-order valence-corrected chi connectivity index (χ1v) is 13.0. The van der Waals surface area contributed by atoms with Crippen molar-refractivity contribution in [3.63, 3.8) is 0 Å². The molecule has 1 aliphatic rings. The molecule has 0 spiro atoms. The van der Waals surface area contributed by atoms with Crippen LogP contribution in [0.4, 0.5) is 0 Å². The van der Waals surface area contributed by atoms with Crippen LogP contribution in [0.5, 0.6) is 5.75 Å². The predicted molar refractivity (Wildman–Crippen MR) is 126 cm³/mol. The minimum absolute atomic E-state index is 0.0144. The van der Waals surface area contributed by atoms with Gasteiger partial charge in [-0.2, -0.15) is 9.30 Å². The normalized spacial score (nSPS) is 18.2. The average Bonchev–Trinajstić information content (AvgIpc) is 3.16. The summed E-state index contributed by atoms with van der Waals surface area (Å²) in [6.45, 7) is 5.10. The third kappa shape index (κ3) is 4.12. The van der Waals surface area contributed by atoms with E-state index in [9.17, 15) is 13.2 Å². The number of hydrogen-bond donors (Lipinski definition) is 0. The molecule has 2 heterocycles. The van der Waals surface area contributed by atoms with Crippen LogP contribution in [0.1, 0.15) is 43.5 Å². The number of rotatable bonds is 5. The largest absolute Gasteiger partial charge is 0.495 e. The maximum atomic E-state index is 13.0. The summed E-state index contributed by atoms with van der Waals surface area (Å²) in [7, 11) is -1.95. The molecule has 0 aliphatic carbocycles. The number of thiazole rings is 1. The number of carbonyl (C=O) groups excluding carboxylic acids is 1. The summed E-state index contributed by atoms with van der Waals surface area (Å²) < 4.78 is 36.0. The van der Waals surface area contributed by atoms with Gasteiger partial charge >= 0.3 is 0 Å². The van der Waals surface area contributed by atoms with Gasteiger partial charge in [-0.3, -0.25) is 4.79 Å². The lowest BCUT2D eigenvalue weighted by atomic mass is 10.1. The van der Waals surface area contributed by atoms with Crippen LogP contribution < -0.4 is 9.54 Å². The lowest BCUT2D eigenvalue weighted by Crippen LogP contribution is -2.41. The van der Waals surface area contributed by atoms with Gasteiger partial charge in [-0.15, -0.1) is 0 Å². The Morgan fingerprint density at radius 2 is 1.94 bits per heavy atom. The molecule has 2 aromatic carbocycles. The maximum Gasteiger partial charge on any atom is 0.279 e. The predicted octanol–water partition coefficient (Wildman–Crippen LogP) is 4.04. The van der Waals surface area contributed by atoms with Crippen LogP contribution in [-0.4, -0.2) is 42.9 Å². The minimum atomic E-state index is -3.57. The third-order valence-corrected chi connectivity index (χ3v) is 8.92. The van der Waals surface area contributed by atoms with Crippen molar-refractivity contribution < 1.29 is 17.9 Å². The van der Waals surface area contributed by atoms with E-state index in [1.165, 1.54) is 35.6 Å². The van der Waals surface area contributed by atoms with Crippen LogP contribution in [0, 0.1) is 0 Å². The fourth-order valence-electron chi connectivity index (χ4n) is 4.13. The molecule has 0 radical (unpaired) electrons. The monoisotopic (exact) mass is 473 g/mol. The van der Waals surface area contributed by atoms with Gasteiger partial charge in [0.15, 0.2) is 4.80 Å². The highest BCUT2D eigenvalue weighted by atomic mass is 32.2. The lowest BCUT2D eigenvalue weighted by Gasteiger charge is -2.32. The summed E-state index contributed by atoms with van der Waals surface area (Å²) in [6.07, 6.45) is 2.78. The molecule has 3 aromatic rings. The van der Waals surface area contributed by atoms with Crippen LogP contribution in [0.15, 0.2) is 52.4 Å². The fourth-order valence-corrected chi connectivity index (χ4v) is 6.94. The van der Waals surface area contributed by atoms with E-state index < -0.39 is 15.9 Å². The summed E-state index contributed by atoms with van der Waals surface area (Å²) in [5, 5.41) is 0. The number of para-hydroxylation sites is 1. The Kier molecular flexibility index (Phi) is 6.50. The number of benzene rings is 2. The van der Waals surface area contributed by atoms with Crippen LogP contribution in [0.3, 0.4) is 0 Å². The van der Waals surface area contributed by atoms with Gasteiger partial charge in [-0.1, -0.05) is 23.8 Å². The van der Waals surface area contributed by atoms with Gasteiger partial charge in [0.25, 0.3) is 5.91 Å². The van der Waals surface area contributed by atoms with Crippen molar-refractivity contribution in [2.75, 3.05) is 13.7 Å². The number of aromatic nitrogens is 1. The number of methoxy groups -OCH3 is 1. The molecule has 0 saturated carbocycles. The number of hydrogen-bond acceptors (Lipinski definition) is 5. The minimum Gasteiger partial charge on any atom is -0.495 e. The van der Waals surface area contributed by atoms with Crippen molar-refractivity contribution in [1.29, 1.82) is 0 Å². The molecule has 32 heavy (non-hydrogen) atoms. The Balaban J connectivity index is 1.66. The number of piperidine rings is 1. The molecule has 4 rings (SSSR count). The summed E-state index contributed by atoms with van der Waals surface area (Å²) >= 11 is 1.42. The zero-order valence-corrected chi connectivity index (χ0v) is 20.1. The number of nitrogens with zero attached hydrogens (tertiary/aromatic N) is 3. The Hall–Kier alpha value is -2.49. The molecule has 1 atom stereocenters. The summed E-state index contributed by atoms with van der Waals surface area (Å²) in [6, 6.07) is 11.8. The molecular formula is C23H27N3O4S2. The molecule has 0 bridgehead atoms. The first-order chi connectivity index (χ1) is 15.4. The fraction of sp³-hybridized carbons (Fsp3) is 0.391. The Bertz CT molecular complexity index is 1310. The number of aryl methyl sites for hydroxylation is 1. The maximum absolute atomic E-state index is 13.0. The first kappa shape index (κ1) is 22.7. The molecule has 1 amide bonds. The second-order valence-electron chi connectivity index (χ2n) is 7.84. The smallest absolute Gasteiger partial charge is 0.279 e. The molecule has 1 aromatic heterocycles. The molecule has 9 heteroatoms. The lowest BCUT2D eigenvalue weighted by molar-refractivity contribution is 0.0997. The van der Waals surface area contributed by atoms with E-state index in [0.29, 0.717) is 23.5 Å². The standard InChI is InChI=1S/C23H27N3O4S2/c1-4-25-21-19(30-3)9-7-10-20(21)31-23(25)24-22(27)17-11-13-18(14-12-17)32(28,29)26-15-6-5-8-16(26)2/h7,9-14,16H,4-6,8,15H2,1-3H3. The molecule has 170 valence electrons. The van der Waals surface area contributed by atoms with E-state index >= 15 is 0 Å². The molecule has 7 nitrogen and oxygen atoms in total. The van der Waals surface area contributed by atoms with Gasteiger partial charge < -0.3 is 9.30 Å². The highest BCUT2D eigenvalue weighted by molar-refractivity contribution is 7.89. The Morgan fingerprint density at radius 3 is 2.59 bits per heavy atom. The molecular weight excluding hydrogens is 446 g/mol. The van der Waals surface area contributed by atoms with Crippen LogP contribution in [0.25, 0.3) is 10.2 Å². The summed E-state index contributed by atoms with van der Waals surface area (Å²) in [5.74, 6) is 0.323. The van der Waals surface area contributed by atoms with E-state index in [1.807, 2.05) is 36.6 Å². The first-order valence-electron chi connectivity index (χ1n) is 10.7. The zero-order valence-electron chi connectivity index (χ0n) is 18.4. The highest BCUT2D eigenvalue weighted by Gasteiger charge is 2.30. The molecule has 1 unspecified atom stereocenters. The van der Waals surface area contributed by atoms with E-state index in [0.717, 1.165) is 35.2 Å². The topological polar surface area (TPSA) is 81.0 Å². The van der Waals surface area contributed by atoms with Gasteiger partial charge in [-0.05, 0) is 63.1 Å². The van der Waals surface area contributed by atoms with Gasteiger partial charge in [0.05, 0.1) is 16.7 Å². The van der Waals surface area contributed by atoms with Crippen LogP contribution in [0.2, 0.25) is 0 Å². The van der Waals surface area contributed by atoms with E-state index in [2.05, 4.69) is 4.99 Å². The number of fused-ring (bicyclic) bond motifs is 1. The van der Waals surface area contributed by atoms with Crippen molar-refractivity contribution in [3.05, 3.63) is 52.8 Å². The van der Waals surface area contributed by atoms with E-state index in [-0.39, 0.29) is 10.9 Å². The molecule has 0 N–H and O–H groups in total. The second-order valence-corrected chi connectivity index (χ2v) is 10.7. The Labute approximate surface area is 192 Å². The van der Waals surface area contributed by atoms with Crippen molar-refractivity contribution in [1.82, 2.24) is 8.87 Å². The molecule has 1 saturated heterocycles. The number of carbonyl (C=O) groups is 1. The van der Waals surface area contributed by atoms with Crippen LogP contribution >= 0.6 is 11.3 Å². The number of amides is 1. The molecule has 1 fully saturated rings. The van der Waals surface area contributed by atoms with Crippen molar-refractivity contribution in [2.24, 2.45) is 4.99 Å². The van der Waals surface area contributed by atoms with Crippen molar-refractivity contribution in [2.45, 2.75) is 50.6 Å². The van der Waals surface area contributed by atoms with E-state index in [1.54, 1.807) is 11.4 Å². The second kappa shape index (κ2) is 9.17. The summed E-state index contributed by atoms with van der Waals surface area (Å²) in [5.41, 5.74) is 1.26. The van der Waals surface area contributed by atoms with Gasteiger partial charge in [0.2, 0.25) is 10.0 Å². The van der Waals surface area contributed by atoms with Crippen LogP contribution in [-0.2, 0) is 16.6 Å². The quantitative estimate of drug-likeness (QED) is 0.560. The highest BCUT2D eigenvalue weighted by Crippen LogP contribution is 2.28. The number of ether oxygens (including phenoxy) is 1. The SMILES string of the molecule is CCn1c(=NC(=O)c2ccc(S(=O)(=O)N3CCCCC3C)cc2)sc2cccc(OC)c21. The molecule has 1 aliphatic heterocycles. The average molecular weight is 474 g/mol. The van der Waals surface area contributed by atoms with Gasteiger partial charge in [-0.25, -0.2) is 8.42 Å².